The molecule has 0 saturated carbocycles. The summed E-state index contributed by atoms with van der Waals surface area (Å²) in [5.41, 5.74) is 3.46. The number of nitrogens with zero attached hydrogens (tertiary/aromatic N) is 1. The van der Waals surface area contributed by atoms with Crippen LogP contribution in [0.1, 0.15) is 29.9 Å². The van der Waals surface area contributed by atoms with Crippen LogP contribution in [-0.2, 0) is 4.79 Å². The first kappa shape index (κ1) is 19.3. The van der Waals surface area contributed by atoms with Gasteiger partial charge in [0.15, 0.2) is 11.9 Å². The average molecular weight is 417 g/mol. The molecule has 1 aliphatic heterocycles. The summed E-state index contributed by atoms with van der Waals surface area (Å²) in [6.45, 7) is 4.70. The van der Waals surface area contributed by atoms with Crippen molar-refractivity contribution in [3.05, 3.63) is 45.9 Å². The summed E-state index contributed by atoms with van der Waals surface area (Å²) in [6, 6.07) is 7.56. The Bertz CT molecular complexity index is 1050. The molecule has 3 aromatic rings. The second-order valence-electron chi connectivity index (χ2n) is 6.95. The van der Waals surface area contributed by atoms with E-state index in [9.17, 15) is 9.90 Å². The lowest BCUT2D eigenvalue weighted by Crippen LogP contribution is -2.26. The summed E-state index contributed by atoms with van der Waals surface area (Å²) in [4.78, 5) is 17.4. The molecule has 2 atom stereocenters. The third kappa shape index (κ3) is 3.53. The topological polar surface area (TPSA) is 71.5 Å². The molecule has 7 heteroatoms. The number of fused-ring (bicyclic) bond motifs is 1. The molecule has 0 spiro atoms. The van der Waals surface area contributed by atoms with Gasteiger partial charge in [0, 0.05) is 33.8 Å². The number of carbonyl (C=O) groups excluding carboxylic acids is 1. The third-order valence-electron chi connectivity index (χ3n) is 4.92. The van der Waals surface area contributed by atoms with Crippen LogP contribution < -0.4 is 10.1 Å². The molecule has 2 unspecified atom stereocenters. The molecule has 3 heterocycles. The van der Waals surface area contributed by atoms with Crippen LogP contribution in [0, 0.1) is 6.92 Å². The van der Waals surface area contributed by atoms with E-state index in [1.54, 1.807) is 6.20 Å². The monoisotopic (exact) mass is 416 g/mol. The Kier molecular flexibility index (Phi) is 5.38. The van der Waals surface area contributed by atoms with Crippen molar-refractivity contribution in [2.45, 2.75) is 32.5 Å². The maximum atomic E-state index is 12.1. The number of aryl methyl sites for hydroxylation is 1. The predicted octanol–water partition coefficient (Wildman–Crippen LogP) is 4.29. The summed E-state index contributed by atoms with van der Waals surface area (Å²) < 4.78 is 7.11. The molecule has 5 nitrogen and oxygen atoms in total. The van der Waals surface area contributed by atoms with Crippen LogP contribution in [0.2, 0.25) is 5.02 Å². The SMILES string of the molecule is CCC(O)c1cc2nccc(-c3cc(Cl)cc(C)c3OC3CNCC3=O)c2s1. The molecule has 28 heavy (non-hydrogen) atoms. The van der Waals surface area contributed by atoms with E-state index < -0.39 is 12.2 Å². The zero-order valence-electron chi connectivity index (χ0n) is 15.7. The maximum absolute atomic E-state index is 12.1. The van der Waals surface area contributed by atoms with Crippen LogP contribution in [0.3, 0.4) is 0 Å². The minimum Gasteiger partial charge on any atom is -0.480 e. The first-order chi connectivity index (χ1) is 13.5. The van der Waals surface area contributed by atoms with Gasteiger partial charge in [-0.05, 0) is 43.2 Å². The van der Waals surface area contributed by atoms with E-state index in [4.69, 9.17) is 16.3 Å². The average Bonchev–Trinajstić information content (AvgIpc) is 3.29. The zero-order chi connectivity index (χ0) is 19.8. The fourth-order valence-corrected chi connectivity index (χ4v) is 4.91. The first-order valence-electron chi connectivity index (χ1n) is 9.25. The van der Waals surface area contributed by atoms with Crippen molar-refractivity contribution >= 4 is 38.9 Å². The van der Waals surface area contributed by atoms with Crippen LogP contribution in [0.5, 0.6) is 5.75 Å². The summed E-state index contributed by atoms with van der Waals surface area (Å²) in [5.74, 6) is 0.703. The molecule has 1 aliphatic rings. The minimum absolute atomic E-state index is 0.0460. The Hall–Kier alpha value is -1.99. The Morgan fingerprint density at radius 2 is 2.21 bits per heavy atom. The largest absolute Gasteiger partial charge is 0.480 e. The van der Waals surface area contributed by atoms with Gasteiger partial charge in [-0.15, -0.1) is 11.3 Å². The lowest BCUT2D eigenvalue weighted by molar-refractivity contribution is -0.121. The van der Waals surface area contributed by atoms with Crippen LogP contribution >= 0.6 is 22.9 Å². The van der Waals surface area contributed by atoms with Gasteiger partial charge >= 0.3 is 0 Å². The Morgan fingerprint density at radius 3 is 2.93 bits per heavy atom. The van der Waals surface area contributed by atoms with Gasteiger partial charge in [0.1, 0.15) is 5.75 Å². The summed E-state index contributed by atoms with van der Waals surface area (Å²) in [7, 11) is 0. The number of benzene rings is 1. The number of hydrogen-bond acceptors (Lipinski definition) is 6. The van der Waals surface area contributed by atoms with E-state index in [0.717, 1.165) is 31.8 Å². The molecule has 0 amide bonds. The van der Waals surface area contributed by atoms with Gasteiger partial charge in [-0.25, -0.2) is 0 Å². The van der Waals surface area contributed by atoms with Gasteiger partial charge < -0.3 is 15.2 Å². The minimum atomic E-state index is -0.508. The van der Waals surface area contributed by atoms with Crippen LogP contribution in [0.15, 0.2) is 30.5 Å². The van der Waals surface area contributed by atoms with Crippen molar-refractivity contribution in [1.82, 2.24) is 10.3 Å². The van der Waals surface area contributed by atoms with E-state index in [1.165, 1.54) is 11.3 Å². The lowest BCUT2D eigenvalue weighted by atomic mass is 10.0. The predicted molar refractivity (Wildman–Crippen MR) is 112 cm³/mol. The van der Waals surface area contributed by atoms with Crippen molar-refractivity contribution in [3.63, 3.8) is 0 Å². The fourth-order valence-electron chi connectivity index (χ4n) is 3.42. The van der Waals surface area contributed by atoms with E-state index >= 15 is 0 Å². The number of ether oxygens (including phenoxy) is 1. The molecule has 2 N–H and O–H groups in total. The van der Waals surface area contributed by atoms with Crippen molar-refractivity contribution < 1.29 is 14.6 Å². The van der Waals surface area contributed by atoms with Crippen LogP contribution in [0.4, 0.5) is 0 Å². The number of carbonyl (C=O) groups is 1. The summed E-state index contributed by atoms with van der Waals surface area (Å²) in [5, 5.41) is 13.9. The van der Waals surface area contributed by atoms with Gasteiger partial charge in [-0.3, -0.25) is 9.78 Å². The van der Waals surface area contributed by atoms with Gasteiger partial charge in [0.2, 0.25) is 0 Å². The highest BCUT2D eigenvalue weighted by Gasteiger charge is 2.28. The number of nitrogens with one attached hydrogen (secondary N) is 1. The third-order valence-corrected chi connectivity index (χ3v) is 6.40. The molecule has 0 aliphatic carbocycles. The smallest absolute Gasteiger partial charge is 0.188 e. The van der Waals surface area contributed by atoms with Crippen molar-refractivity contribution in [2.75, 3.05) is 13.1 Å². The van der Waals surface area contributed by atoms with Gasteiger partial charge in [-0.1, -0.05) is 18.5 Å². The molecule has 1 saturated heterocycles. The van der Waals surface area contributed by atoms with E-state index in [2.05, 4.69) is 10.3 Å². The van der Waals surface area contributed by atoms with Crippen molar-refractivity contribution in [3.8, 4) is 16.9 Å². The number of aromatic nitrogens is 1. The lowest BCUT2D eigenvalue weighted by Gasteiger charge is -2.18. The molecule has 0 bridgehead atoms. The molecular formula is C21H21ClN2O3S. The highest BCUT2D eigenvalue weighted by molar-refractivity contribution is 7.19. The Balaban J connectivity index is 1.86. The number of aliphatic hydroxyl groups is 1. The second-order valence-corrected chi connectivity index (χ2v) is 8.47. The number of pyridine rings is 1. The van der Waals surface area contributed by atoms with Crippen molar-refractivity contribution in [2.24, 2.45) is 0 Å². The second kappa shape index (κ2) is 7.79. The summed E-state index contributed by atoms with van der Waals surface area (Å²) in [6.07, 6.45) is 1.38. The molecule has 1 fully saturated rings. The first-order valence-corrected chi connectivity index (χ1v) is 10.4. The number of aliphatic hydroxyl groups excluding tert-OH is 1. The molecule has 0 radical (unpaired) electrons. The van der Waals surface area contributed by atoms with E-state index in [0.29, 0.717) is 30.3 Å². The van der Waals surface area contributed by atoms with Crippen LogP contribution in [0.25, 0.3) is 21.3 Å². The Morgan fingerprint density at radius 1 is 1.39 bits per heavy atom. The number of ketones is 1. The van der Waals surface area contributed by atoms with Gasteiger partial charge in [-0.2, -0.15) is 0 Å². The number of halogens is 1. The zero-order valence-corrected chi connectivity index (χ0v) is 17.2. The number of hydrogen-bond donors (Lipinski definition) is 2. The number of Topliss-reactive ketones (excluding diaryl/α,β-unsaturated/α-hetero) is 1. The van der Waals surface area contributed by atoms with E-state index in [-0.39, 0.29) is 5.78 Å². The van der Waals surface area contributed by atoms with Crippen molar-refractivity contribution in [1.29, 1.82) is 0 Å². The van der Waals surface area contributed by atoms with E-state index in [1.807, 2.05) is 38.1 Å². The van der Waals surface area contributed by atoms with Gasteiger partial charge in [0.05, 0.1) is 22.9 Å². The number of thiophene rings is 1. The summed E-state index contributed by atoms with van der Waals surface area (Å²) >= 11 is 7.88. The highest BCUT2D eigenvalue weighted by Crippen LogP contribution is 2.42. The van der Waals surface area contributed by atoms with Crippen LogP contribution in [-0.4, -0.2) is 35.1 Å². The Labute approximate surface area is 172 Å². The quantitative estimate of drug-likeness (QED) is 0.649. The molecule has 4 rings (SSSR count). The molecule has 146 valence electrons. The molecule has 2 aromatic heterocycles. The molecule has 1 aromatic carbocycles. The normalized spacial score (nSPS) is 18.0. The highest BCUT2D eigenvalue weighted by atomic mass is 35.5. The maximum Gasteiger partial charge on any atom is 0.188 e. The number of rotatable bonds is 5. The standard InChI is InChI=1S/C21H21ClN2O3S/c1-3-16(25)19-8-15-21(28-19)13(4-5-24-15)14-7-12(22)6-11(2)20(14)27-18-10-23-9-17(18)26/h4-8,16,18,23,25H,3,9-10H2,1-2H3. The van der Waals surface area contributed by atoms with Gasteiger partial charge in [0.25, 0.3) is 0 Å². The fraction of sp³-hybridized carbons (Fsp3) is 0.333. The molecular weight excluding hydrogens is 396 g/mol.